The SMILES string of the molecule is NC1=CC2C=NNC2C=C1. The Morgan fingerprint density at radius 2 is 2.50 bits per heavy atom. The van der Waals surface area contributed by atoms with Crippen molar-refractivity contribution in [3.8, 4) is 0 Å². The fraction of sp³-hybridized carbons (Fsp3) is 0.286. The van der Waals surface area contributed by atoms with Gasteiger partial charge in [0.2, 0.25) is 0 Å². The molecular formula is C7H9N3. The summed E-state index contributed by atoms with van der Waals surface area (Å²) in [7, 11) is 0. The molecule has 0 aromatic heterocycles. The first-order valence-electron chi connectivity index (χ1n) is 3.30. The van der Waals surface area contributed by atoms with Gasteiger partial charge in [-0.05, 0) is 6.08 Å². The van der Waals surface area contributed by atoms with Gasteiger partial charge in [-0.1, -0.05) is 12.2 Å². The maximum absolute atomic E-state index is 5.58. The van der Waals surface area contributed by atoms with E-state index in [1.54, 1.807) is 0 Å². The van der Waals surface area contributed by atoms with Crippen LogP contribution in [0.2, 0.25) is 0 Å². The van der Waals surface area contributed by atoms with E-state index in [9.17, 15) is 0 Å². The van der Waals surface area contributed by atoms with Gasteiger partial charge < -0.3 is 11.2 Å². The molecule has 1 aliphatic carbocycles. The molecule has 0 aromatic carbocycles. The van der Waals surface area contributed by atoms with Crippen LogP contribution < -0.4 is 11.2 Å². The fourth-order valence-electron chi connectivity index (χ4n) is 1.20. The Bertz CT molecular complexity index is 227. The van der Waals surface area contributed by atoms with Crippen molar-refractivity contribution in [2.75, 3.05) is 0 Å². The molecule has 0 fully saturated rings. The molecule has 0 saturated heterocycles. The summed E-state index contributed by atoms with van der Waals surface area (Å²) in [6.45, 7) is 0. The van der Waals surface area contributed by atoms with Crippen LogP contribution in [-0.4, -0.2) is 12.3 Å². The first-order valence-corrected chi connectivity index (χ1v) is 3.30. The lowest BCUT2D eigenvalue weighted by Gasteiger charge is -2.14. The zero-order valence-electron chi connectivity index (χ0n) is 5.49. The smallest absolute Gasteiger partial charge is 0.0737 e. The van der Waals surface area contributed by atoms with E-state index in [-0.39, 0.29) is 0 Å². The van der Waals surface area contributed by atoms with Gasteiger partial charge in [-0.15, -0.1) is 0 Å². The Morgan fingerprint density at radius 1 is 1.60 bits per heavy atom. The van der Waals surface area contributed by atoms with E-state index >= 15 is 0 Å². The maximum Gasteiger partial charge on any atom is 0.0737 e. The lowest BCUT2D eigenvalue weighted by molar-refractivity contribution is 0.619. The molecule has 0 bridgehead atoms. The fourth-order valence-corrected chi connectivity index (χ4v) is 1.20. The van der Waals surface area contributed by atoms with Crippen LogP contribution in [0.3, 0.4) is 0 Å². The number of fused-ring (bicyclic) bond motifs is 1. The second-order valence-corrected chi connectivity index (χ2v) is 2.54. The molecule has 2 rings (SSSR count). The monoisotopic (exact) mass is 135 g/mol. The molecule has 0 radical (unpaired) electrons. The summed E-state index contributed by atoms with van der Waals surface area (Å²) in [6, 6.07) is 0.340. The second-order valence-electron chi connectivity index (χ2n) is 2.54. The molecule has 3 N–H and O–H groups in total. The van der Waals surface area contributed by atoms with Crippen molar-refractivity contribution >= 4 is 6.21 Å². The molecule has 1 heterocycles. The highest BCUT2D eigenvalue weighted by Gasteiger charge is 2.21. The van der Waals surface area contributed by atoms with E-state index in [0.29, 0.717) is 12.0 Å². The topological polar surface area (TPSA) is 50.4 Å². The van der Waals surface area contributed by atoms with Gasteiger partial charge in [-0.3, -0.25) is 0 Å². The van der Waals surface area contributed by atoms with Crippen molar-refractivity contribution in [1.82, 2.24) is 5.43 Å². The summed E-state index contributed by atoms with van der Waals surface area (Å²) in [5.74, 6) is 0.366. The Kier molecular flexibility index (Phi) is 1.03. The second kappa shape index (κ2) is 1.87. The number of nitrogens with two attached hydrogens (primary N) is 1. The molecule has 2 atom stereocenters. The van der Waals surface area contributed by atoms with Gasteiger partial charge in [-0.2, -0.15) is 5.10 Å². The molecule has 3 nitrogen and oxygen atoms in total. The molecule has 2 aliphatic rings. The van der Waals surface area contributed by atoms with Crippen LogP contribution in [0.5, 0.6) is 0 Å². The summed E-state index contributed by atoms with van der Waals surface area (Å²) in [4.78, 5) is 0. The average Bonchev–Trinajstić information content (AvgIpc) is 2.33. The summed E-state index contributed by atoms with van der Waals surface area (Å²) >= 11 is 0. The number of hydrazone groups is 1. The number of hydrogen-bond acceptors (Lipinski definition) is 3. The van der Waals surface area contributed by atoms with Gasteiger partial charge in [-0.25, -0.2) is 0 Å². The van der Waals surface area contributed by atoms with Crippen molar-refractivity contribution in [3.05, 3.63) is 23.9 Å². The summed E-state index contributed by atoms with van der Waals surface area (Å²) in [5, 5.41) is 3.94. The predicted octanol–water partition coefficient (Wildman–Crippen LogP) is -0.0274. The van der Waals surface area contributed by atoms with E-state index in [0.717, 1.165) is 5.70 Å². The third-order valence-electron chi connectivity index (χ3n) is 1.77. The third-order valence-corrected chi connectivity index (χ3v) is 1.77. The van der Waals surface area contributed by atoms with Crippen LogP contribution in [0.4, 0.5) is 0 Å². The highest BCUT2D eigenvalue weighted by Crippen LogP contribution is 2.16. The molecule has 52 valence electrons. The van der Waals surface area contributed by atoms with Crippen molar-refractivity contribution in [3.63, 3.8) is 0 Å². The minimum atomic E-state index is 0.340. The number of nitrogens with one attached hydrogen (secondary N) is 1. The molecule has 10 heavy (non-hydrogen) atoms. The van der Waals surface area contributed by atoms with Crippen molar-refractivity contribution < 1.29 is 0 Å². The number of nitrogens with zero attached hydrogens (tertiary/aromatic N) is 1. The molecule has 0 saturated carbocycles. The van der Waals surface area contributed by atoms with Crippen molar-refractivity contribution in [2.24, 2.45) is 16.8 Å². The normalized spacial score (nSPS) is 35.0. The average molecular weight is 135 g/mol. The predicted molar refractivity (Wildman–Crippen MR) is 40.3 cm³/mol. The van der Waals surface area contributed by atoms with Crippen molar-refractivity contribution in [2.45, 2.75) is 6.04 Å². The molecule has 2 unspecified atom stereocenters. The van der Waals surface area contributed by atoms with E-state index in [1.807, 2.05) is 24.4 Å². The van der Waals surface area contributed by atoms with Crippen LogP contribution in [0, 0.1) is 5.92 Å². The van der Waals surface area contributed by atoms with E-state index in [4.69, 9.17) is 5.73 Å². The van der Waals surface area contributed by atoms with Crippen LogP contribution in [0.15, 0.2) is 29.0 Å². The Labute approximate surface area is 59.3 Å². The minimum Gasteiger partial charge on any atom is -0.399 e. The van der Waals surface area contributed by atoms with Gasteiger partial charge >= 0.3 is 0 Å². The van der Waals surface area contributed by atoms with Crippen LogP contribution in [0.25, 0.3) is 0 Å². The molecule has 1 aliphatic heterocycles. The molecule has 0 amide bonds. The largest absolute Gasteiger partial charge is 0.399 e. The third kappa shape index (κ3) is 0.708. The molecule has 0 aromatic rings. The molecule has 0 spiro atoms. The zero-order valence-corrected chi connectivity index (χ0v) is 5.49. The highest BCUT2D eigenvalue weighted by atomic mass is 15.3. The number of hydrogen-bond donors (Lipinski definition) is 2. The summed E-state index contributed by atoms with van der Waals surface area (Å²) in [5.41, 5.74) is 9.37. The summed E-state index contributed by atoms with van der Waals surface area (Å²) in [6.07, 6.45) is 7.82. The quantitative estimate of drug-likeness (QED) is 0.490. The Hall–Kier alpha value is -1.25. The van der Waals surface area contributed by atoms with E-state index in [2.05, 4.69) is 10.5 Å². The highest BCUT2D eigenvalue weighted by molar-refractivity contribution is 5.68. The van der Waals surface area contributed by atoms with Gasteiger partial charge in [0, 0.05) is 17.8 Å². The van der Waals surface area contributed by atoms with Gasteiger partial charge in [0.15, 0.2) is 0 Å². The van der Waals surface area contributed by atoms with Crippen LogP contribution >= 0.6 is 0 Å². The molecular weight excluding hydrogens is 126 g/mol. The lowest BCUT2D eigenvalue weighted by atomic mass is 9.97. The maximum atomic E-state index is 5.58. The molecule has 3 heteroatoms. The van der Waals surface area contributed by atoms with Gasteiger partial charge in [0.25, 0.3) is 0 Å². The van der Waals surface area contributed by atoms with Gasteiger partial charge in [0.1, 0.15) is 0 Å². The standard InChI is InChI=1S/C7H9N3/c8-6-1-2-7-5(3-6)4-9-10-7/h1-5,7,10H,8H2. The Morgan fingerprint density at radius 3 is 3.40 bits per heavy atom. The first kappa shape index (κ1) is 5.53. The van der Waals surface area contributed by atoms with Crippen molar-refractivity contribution in [1.29, 1.82) is 0 Å². The van der Waals surface area contributed by atoms with Gasteiger partial charge in [0.05, 0.1) is 6.04 Å². The summed E-state index contributed by atoms with van der Waals surface area (Å²) < 4.78 is 0. The van der Waals surface area contributed by atoms with Crippen LogP contribution in [0.1, 0.15) is 0 Å². The lowest BCUT2D eigenvalue weighted by Crippen LogP contribution is -2.26. The number of rotatable bonds is 0. The number of allylic oxidation sites excluding steroid dienone is 1. The van der Waals surface area contributed by atoms with Crippen LogP contribution in [-0.2, 0) is 0 Å². The van der Waals surface area contributed by atoms with E-state index in [1.165, 1.54) is 0 Å². The first-order chi connectivity index (χ1) is 4.86. The van der Waals surface area contributed by atoms with E-state index < -0.39 is 0 Å². The minimum absolute atomic E-state index is 0.340. The zero-order chi connectivity index (χ0) is 6.97. The Balaban J connectivity index is 2.26.